The van der Waals surface area contributed by atoms with Crippen LogP contribution in [0.25, 0.3) is 0 Å². The molecule has 17 heavy (non-hydrogen) atoms. The monoisotopic (exact) mass is 251 g/mol. The van der Waals surface area contributed by atoms with Crippen LogP contribution in [0.2, 0.25) is 0 Å². The normalized spacial score (nSPS) is 10.9. The topological polar surface area (TPSA) is 53.0 Å². The Hall–Kier alpha value is -1.21. The van der Waals surface area contributed by atoms with Gasteiger partial charge in [0.1, 0.15) is 10.9 Å². The number of thiophene rings is 1. The van der Waals surface area contributed by atoms with E-state index in [-0.39, 0.29) is 0 Å². The summed E-state index contributed by atoms with van der Waals surface area (Å²) in [6, 6.07) is 4.07. The van der Waals surface area contributed by atoms with Gasteiger partial charge < -0.3 is 10.6 Å². The largest absolute Gasteiger partial charge is 0.397 e. The summed E-state index contributed by atoms with van der Waals surface area (Å²) < 4.78 is 0. The standard InChI is InChI=1S/C13H21N3S/c1-9(2)7-16(8-10(3)4)13-5-11(15)12(6-14)17-13/h5,9-10H,7-8,15H2,1-4H3. The Labute approximate surface area is 108 Å². The van der Waals surface area contributed by atoms with Crippen molar-refractivity contribution in [1.29, 1.82) is 5.26 Å². The van der Waals surface area contributed by atoms with Crippen molar-refractivity contribution in [2.45, 2.75) is 27.7 Å². The van der Waals surface area contributed by atoms with Crippen LogP contribution in [-0.2, 0) is 0 Å². The molecule has 4 heteroatoms. The number of anilines is 2. The zero-order valence-corrected chi connectivity index (χ0v) is 11.8. The average Bonchev–Trinajstić information content (AvgIpc) is 2.57. The molecule has 0 bridgehead atoms. The molecule has 3 nitrogen and oxygen atoms in total. The fraction of sp³-hybridized carbons (Fsp3) is 0.615. The number of nitrogens with two attached hydrogens (primary N) is 1. The van der Waals surface area contributed by atoms with Gasteiger partial charge in [-0.25, -0.2) is 0 Å². The van der Waals surface area contributed by atoms with Gasteiger partial charge >= 0.3 is 0 Å². The van der Waals surface area contributed by atoms with Gasteiger partial charge in [0.15, 0.2) is 0 Å². The maximum atomic E-state index is 8.94. The molecule has 0 spiro atoms. The molecule has 1 rings (SSSR count). The summed E-state index contributed by atoms with van der Waals surface area (Å²) >= 11 is 1.49. The van der Waals surface area contributed by atoms with Crippen LogP contribution in [0.4, 0.5) is 10.7 Å². The van der Waals surface area contributed by atoms with E-state index in [1.165, 1.54) is 11.3 Å². The van der Waals surface area contributed by atoms with Gasteiger partial charge in [-0.15, -0.1) is 11.3 Å². The molecule has 94 valence electrons. The summed E-state index contributed by atoms with van der Waals surface area (Å²) in [6.07, 6.45) is 0. The Morgan fingerprint density at radius 1 is 1.29 bits per heavy atom. The van der Waals surface area contributed by atoms with E-state index < -0.39 is 0 Å². The maximum Gasteiger partial charge on any atom is 0.129 e. The van der Waals surface area contributed by atoms with Crippen molar-refractivity contribution in [2.75, 3.05) is 23.7 Å². The smallest absolute Gasteiger partial charge is 0.129 e. The van der Waals surface area contributed by atoms with E-state index in [0.717, 1.165) is 18.1 Å². The SMILES string of the molecule is CC(C)CN(CC(C)C)c1cc(N)c(C#N)s1. The molecular weight excluding hydrogens is 230 g/mol. The van der Waals surface area contributed by atoms with Crippen molar-refractivity contribution >= 4 is 22.0 Å². The van der Waals surface area contributed by atoms with Crippen LogP contribution in [0.15, 0.2) is 6.07 Å². The van der Waals surface area contributed by atoms with Gasteiger partial charge in [0.2, 0.25) is 0 Å². The van der Waals surface area contributed by atoms with Crippen molar-refractivity contribution in [3.63, 3.8) is 0 Å². The van der Waals surface area contributed by atoms with E-state index in [2.05, 4.69) is 38.7 Å². The zero-order valence-electron chi connectivity index (χ0n) is 11.0. The first-order chi connectivity index (χ1) is 7.93. The molecule has 0 atom stereocenters. The molecule has 2 N–H and O–H groups in total. The van der Waals surface area contributed by atoms with Crippen molar-refractivity contribution in [3.8, 4) is 6.07 Å². The minimum Gasteiger partial charge on any atom is -0.397 e. The highest BCUT2D eigenvalue weighted by Crippen LogP contribution is 2.32. The van der Waals surface area contributed by atoms with Crippen molar-refractivity contribution in [1.82, 2.24) is 0 Å². The highest BCUT2D eigenvalue weighted by atomic mass is 32.1. The minimum absolute atomic E-state index is 0.600. The number of rotatable bonds is 5. The van der Waals surface area contributed by atoms with Crippen LogP contribution < -0.4 is 10.6 Å². The summed E-state index contributed by atoms with van der Waals surface area (Å²) in [7, 11) is 0. The third-order valence-electron chi connectivity index (χ3n) is 2.33. The molecule has 1 aromatic rings. The van der Waals surface area contributed by atoms with E-state index in [4.69, 9.17) is 11.0 Å². The summed E-state index contributed by atoms with van der Waals surface area (Å²) in [6.45, 7) is 10.8. The quantitative estimate of drug-likeness (QED) is 0.873. The average molecular weight is 251 g/mol. The van der Waals surface area contributed by atoms with Crippen LogP contribution in [0.1, 0.15) is 32.6 Å². The third-order valence-corrected chi connectivity index (χ3v) is 3.45. The Bertz CT molecular complexity index is 391. The molecule has 1 aromatic heterocycles. The second-order valence-corrected chi connectivity index (χ2v) is 6.20. The molecule has 0 fully saturated rings. The molecule has 0 amide bonds. The third kappa shape index (κ3) is 3.94. The van der Waals surface area contributed by atoms with E-state index in [0.29, 0.717) is 22.4 Å². The Kier molecular flexibility index (Phi) is 4.83. The van der Waals surface area contributed by atoms with Gasteiger partial charge in [-0.2, -0.15) is 5.26 Å². The molecule has 0 unspecified atom stereocenters. The lowest BCUT2D eigenvalue weighted by molar-refractivity contribution is 0.555. The van der Waals surface area contributed by atoms with Crippen LogP contribution in [-0.4, -0.2) is 13.1 Å². The predicted octanol–water partition coefficient (Wildman–Crippen LogP) is 3.32. The zero-order chi connectivity index (χ0) is 13.0. The minimum atomic E-state index is 0.600. The van der Waals surface area contributed by atoms with Gasteiger partial charge in [0.25, 0.3) is 0 Å². The lowest BCUT2D eigenvalue weighted by Gasteiger charge is -2.26. The summed E-state index contributed by atoms with van der Waals surface area (Å²) in [5.41, 5.74) is 6.41. The molecule has 0 radical (unpaired) electrons. The number of hydrogen-bond acceptors (Lipinski definition) is 4. The van der Waals surface area contributed by atoms with E-state index in [1.807, 2.05) is 6.07 Å². The fourth-order valence-corrected chi connectivity index (χ4v) is 2.67. The summed E-state index contributed by atoms with van der Waals surface area (Å²) in [4.78, 5) is 2.95. The van der Waals surface area contributed by atoms with Gasteiger partial charge in [-0.3, -0.25) is 0 Å². The molecule has 0 aliphatic rings. The maximum absolute atomic E-state index is 8.94. The lowest BCUT2D eigenvalue weighted by atomic mass is 10.1. The Morgan fingerprint density at radius 2 is 1.82 bits per heavy atom. The highest BCUT2D eigenvalue weighted by molar-refractivity contribution is 7.17. The molecule has 1 heterocycles. The number of nitrogens with zero attached hydrogens (tertiary/aromatic N) is 2. The number of nitrogen functional groups attached to an aromatic ring is 1. The van der Waals surface area contributed by atoms with E-state index in [9.17, 15) is 0 Å². The first-order valence-electron chi connectivity index (χ1n) is 5.98. The summed E-state index contributed by atoms with van der Waals surface area (Å²) in [5, 5.41) is 10.1. The van der Waals surface area contributed by atoms with Gasteiger partial charge in [-0.1, -0.05) is 27.7 Å². The van der Waals surface area contributed by atoms with E-state index in [1.54, 1.807) is 0 Å². The van der Waals surface area contributed by atoms with E-state index >= 15 is 0 Å². The fourth-order valence-electron chi connectivity index (χ4n) is 1.77. The van der Waals surface area contributed by atoms with Crippen LogP contribution in [0, 0.1) is 23.2 Å². The molecule has 0 aliphatic carbocycles. The molecule has 0 aliphatic heterocycles. The number of nitriles is 1. The number of hydrogen-bond donors (Lipinski definition) is 1. The summed E-state index contributed by atoms with van der Waals surface area (Å²) in [5.74, 6) is 1.20. The second kappa shape index (κ2) is 5.92. The van der Waals surface area contributed by atoms with Gasteiger partial charge in [-0.05, 0) is 17.9 Å². The molecule has 0 aromatic carbocycles. The van der Waals surface area contributed by atoms with Crippen molar-refractivity contribution in [3.05, 3.63) is 10.9 Å². The van der Waals surface area contributed by atoms with Crippen molar-refractivity contribution in [2.24, 2.45) is 11.8 Å². The highest BCUT2D eigenvalue weighted by Gasteiger charge is 2.15. The van der Waals surface area contributed by atoms with Crippen LogP contribution in [0.5, 0.6) is 0 Å². The first kappa shape index (κ1) is 13.9. The Morgan fingerprint density at radius 3 is 2.18 bits per heavy atom. The second-order valence-electron chi connectivity index (χ2n) is 5.17. The lowest BCUT2D eigenvalue weighted by Crippen LogP contribution is -2.30. The predicted molar refractivity (Wildman–Crippen MR) is 75.3 cm³/mol. The van der Waals surface area contributed by atoms with Gasteiger partial charge in [0.05, 0.1) is 10.7 Å². The molecule has 0 saturated heterocycles. The van der Waals surface area contributed by atoms with Crippen LogP contribution in [0.3, 0.4) is 0 Å². The van der Waals surface area contributed by atoms with Crippen LogP contribution >= 0.6 is 11.3 Å². The van der Waals surface area contributed by atoms with Crippen molar-refractivity contribution < 1.29 is 0 Å². The first-order valence-corrected chi connectivity index (χ1v) is 6.80. The molecule has 0 saturated carbocycles. The molecular formula is C13H21N3S. The Balaban J connectivity index is 2.92. The van der Waals surface area contributed by atoms with Gasteiger partial charge in [0, 0.05) is 13.1 Å².